The Morgan fingerprint density at radius 2 is 2.07 bits per heavy atom. The van der Waals surface area contributed by atoms with Gasteiger partial charge in [0.2, 0.25) is 5.91 Å². The van der Waals surface area contributed by atoms with Crippen LogP contribution in [0.15, 0.2) is 12.2 Å². The number of hydrogen-bond donors (Lipinski definition) is 1. The van der Waals surface area contributed by atoms with Crippen molar-refractivity contribution in [3.63, 3.8) is 0 Å². The van der Waals surface area contributed by atoms with Gasteiger partial charge in [-0.1, -0.05) is 0 Å². The molecule has 0 spiro atoms. The minimum absolute atomic E-state index is 0.218. The van der Waals surface area contributed by atoms with E-state index in [2.05, 4.69) is 0 Å². The highest BCUT2D eigenvalue weighted by atomic mass is 16.5. The highest BCUT2D eigenvalue weighted by Crippen LogP contribution is 2.21. The van der Waals surface area contributed by atoms with Crippen LogP contribution in [0.4, 0.5) is 0 Å². The standard InChI is InChI=1S/C9H13NO4/c1-9(2)5-14-6-10(9)7(11)3-4-8(12)13/h3-4H,5-6H2,1-2H3,(H,12,13)/b4-3+. The lowest BCUT2D eigenvalue weighted by atomic mass is 10.1. The van der Waals surface area contributed by atoms with Gasteiger partial charge in [-0.3, -0.25) is 4.79 Å². The molecule has 0 unspecified atom stereocenters. The molecule has 1 saturated heterocycles. The zero-order valence-electron chi connectivity index (χ0n) is 8.19. The molecule has 0 aromatic carbocycles. The Bertz CT molecular complexity index is 283. The van der Waals surface area contributed by atoms with Gasteiger partial charge in [0.15, 0.2) is 0 Å². The highest BCUT2D eigenvalue weighted by Gasteiger charge is 2.35. The van der Waals surface area contributed by atoms with Gasteiger partial charge in [-0.2, -0.15) is 0 Å². The second kappa shape index (κ2) is 3.79. The number of carboxylic acid groups (broad SMARTS) is 1. The zero-order valence-corrected chi connectivity index (χ0v) is 8.19. The van der Waals surface area contributed by atoms with E-state index in [0.717, 1.165) is 12.2 Å². The average Bonchev–Trinajstić information content (AvgIpc) is 2.41. The van der Waals surface area contributed by atoms with E-state index in [-0.39, 0.29) is 18.2 Å². The summed E-state index contributed by atoms with van der Waals surface area (Å²) in [7, 11) is 0. The molecule has 1 aliphatic rings. The lowest BCUT2D eigenvalue weighted by molar-refractivity contribution is -0.133. The smallest absolute Gasteiger partial charge is 0.328 e. The number of carbonyl (C=O) groups excluding carboxylic acids is 1. The van der Waals surface area contributed by atoms with Crippen molar-refractivity contribution in [2.75, 3.05) is 13.3 Å². The molecule has 1 fully saturated rings. The summed E-state index contributed by atoms with van der Waals surface area (Å²) in [6, 6.07) is 0. The number of rotatable bonds is 2. The summed E-state index contributed by atoms with van der Waals surface area (Å²) >= 11 is 0. The zero-order chi connectivity index (χ0) is 10.8. The van der Waals surface area contributed by atoms with E-state index in [1.807, 2.05) is 13.8 Å². The first-order valence-corrected chi connectivity index (χ1v) is 4.24. The fourth-order valence-corrected chi connectivity index (χ4v) is 1.23. The second-order valence-electron chi connectivity index (χ2n) is 3.73. The number of aliphatic carboxylic acids is 1. The molecule has 78 valence electrons. The van der Waals surface area contributed by atoms with Crippen LogP contribution < -0.4 is 0 Å². The largest absolute Gasteiger partial charge is 0.478 e. The second-order valence-corrected chi connectivity index (χ2v) is 3.73. The van der Waals surface area contributed by atoms with E-state index in [0.29, 0.717) is 6.61 Å². The van der Waals surface area contributed by atoms with Crippen molar-refractivity contribution in [1.29, 1.82) is 0 Å². The summed E-state index contributed by atoms with van der Waals surface area (Å²) in [6.07, 6.45) is 1.87. The van der Waals surface area contributed by atoms with Crippen molar-refractivity contribution in [2.45, 2.75) is 19.4 Å². The fourth-order valence-electron chi connectivity index (χ4n) is 1.23. The lowest BCUT2D eigenvalue weighted by Crippen LogP contribution is -2.43. The maximum atomic E-state index is 11.5. The first-order chi connectivity index (χ1) is 6.43. The monoisotopic (exact) mass is 199 g/mol. The summed E-state index contributed by atoms with van der Waals surface area (Å²) in [6.45, 7) is 4.43. The number of amides is 1. The minimum Gasteiger partial charge on any atom is -0.478 e. The van der Waals surface area contributed by atoms with Gasteiger partial charge in [0.25, 0.3) is 0 Å². The summed E-state index contributed by atoms with van der Waals surface area (Å²) < 4.78 is 5.12. The molecule has 0 aromatic heterocycles. The van der Waals surface area contributed by atoms with Crippen molar-refractivity contribution >= 4 is 11.9 Å². The number of carbonyl (C=O) groups is 2. The third kappa shape index (κ3) is 2.32. The molecular formula is C9H13NO4. The SMILES string of the molecule is CC1(C)COCN1C(=O)/C=C/C(=O)O. The van der Waals surface area contributed by atoms with Crippen LogP contribution >= 0.6 is 0 Å². The minimum atomic E-state index is -1.13. The van der Waals surface area contributed by atoms with Crippen molar-refractivity contribution in [3.05, 3.63) is 12.2 Å². The number of ether oxygens (including phenoxy) is 1. The third-order valence-electron chi connectivity index (χ3n) is 2.04. The summed E-state index contributed by atoms with van der Waals surface area (Å²) in [5, 5.41) is 8.35. The van der Waals surface area contributed by atoms with E-state index >= 15 is 0 Å². The summed E-state index contributed by atoms with van der Waals surface area (Å²) in [5.74, 6) is -1.47. The van der Waals surface area contributed by atoms with Crippen molar-refractivity contribution in [1.82, 2.24) is 4.90 Å². The summed E-state index contributed by atoms with van der Waals surface area (Å²) in [4.78, 5) is 23.1. The van der Waals surface area contributed by atoms with E-state index in [9.17, 15) is 9.59 Å². The van der Waals surface area contributed by atoms with Crippen LogP contribution in [0.1, 0.15) is 13.8 Å². The van der Waals surface area contributed by atoms with Crippen LogP contribution in [0.25, 0.3) is 0 Å². The average molecular weight is 199 g/mol. The van der Waals surface area contributed by atoms with Gasteiger partial charge in [0.05, 0.1) is 12.1 Å². The topological polar surface area (TPSA) is 66.8 Å². The van der Waals surface area contributed by atoms with Crippen molar-refractivity contribution < 1.29 is 19.4 Å². The molecule has 0 saturated carbocycles. The van der Waals surface area contributed by atoms with E-state index in [4.69, 9.17) is 9.84 Å². The number of carboxylic acids is 1. The molecule has 0 aliphatic carbocycles. The van der Waals surface area contributed by atoms with Gasteiger partial charge in [0.1, 0.15) is 6.73 Å². The Balaban J connectivity index is 2.66. The molecule has 0 aromatic rings. The predicted molar refractivity (Wildman–Crippen MR) is 48.5 cm³/mol. The first kappa shape index (κ1) is 10.7. The van der Waals surface area contributed by atoms with E-state index in [1.54, 1.807) is 0 Å². The van der Waals surface area contributed by atoms with Gasteiger partial charge < -0.3 is 14.7 Å². The highest BCUT2D eigenvalue weighted by molar-refractivity contribution is 5.94. The molecule has 0 atom stereocenters. The Morgan fingerprint density at radius 1 is 1.43 bits per heavy atom. The van der Waals surface area contributed by atoms with Gasteiger partial charge in [-0.25, -0.2) is 4.79 Å². The molecule has 1 N–H and O–H groups in total. The lowest BCUT2D eigenvalue weighted by Gasteiger charge is -2.27. The van der Waals surface area contributed by atoms with Crippen LogP contribution in [-0.2, 0) is 14.3 Å². The van der Waals surface area contributed by atoms with Gasteiger partial charge >= 0.3 is 5.97 Å². The molecule has 1 amide bonds. The van der Waals surface area contributed by atoms with E-state index < -0.39 is 5.97 Å². The Kier molecular flexibility index (Phi) is 2.90. The van der Waals surface area contributed by atoms with Crippen LogP contribution in [-0.4, -0.2) is 40.8 Å². The molecular weight excluding hydrogens is 186 g/mol. The normalized spacial score (nSPS) is 20.3. The molecule has 1 heterocycles. The molecule has 1 aliphatic heterocycles. The quantitative estimate of drug-likeness (QED) is 0.646. The molecule has 5 heteroatoms. The Morgan fingerprint density at radius 3 is 2.50 bits per heavy atom. The van der Waals surface area contributed by atoms with Crippen LogP contribution in [0.2, 0.25) is 0 Å². The van der Waals surface area contributed by atoms with Crippen molar-refractivity contribution in [2.24, 2.45) is 0 Å². The molecule has 5 nitrogen and oxygen atoms in total. The maximum absolute atomic E-state index is 11.5. The van der Waals surface area contributed by atoms with Crippen LogP contribution in [0.5, 0.6) is 0 Å². The van der Waals surface area contributed by atoms with Gasteiger partial charge in [-0.15, -0.1) is 0 Å². The Hall–Kier alpha value is -1.36. The number of hydrogen-bond acceptors (Lipinski definition) is 3. The predicted octanol–water partition coefficient (Wildman–Crippen LogP) is 0.222. The van der Waals surface area contributed by atoms with E-state index in [1.165, 1.54) is 4.90 Å². The van der Waals surface area contributed by atoms with Gasteiger partial charge in [-0.05, 0) is 13.8 Å². The van der Waals surface area contributed by atoms with Crippen LogP contribution in [0.3, 0.4) is 0 Å². The first-order valence-electron chi connectivity index (χ1n) is 4.24. The fraction of sp³-hybridized carbons (Fsp3) is 0.556. The maximum Gasteiger partial charge on any atom is 0.328 e. The molecule has 1 rings (SSSR count). The molecule has 14 heavy (non-hydrogen) atoms. The Labute approximate surface area is 82.0 Å². The third-order valence-corrected chi connectivity index (χ3v) is 2.04. The van der Waals surface area contributed by atoms with Crippen molar-refractivity contribution in [3.8, 4) is 0 Å². The van der Waals surface area contributed by atoms with Gasteiger partial charge in [0, 0.05) is 12.2 Å². The number of nitrogens with zero attached hydrogens (tertiary/aromatic N) is 1. The molecule has 0 radical (unpaired) electrons. The van der Waals surface area contributed by atoms with Crippen LogP contribution in [0, 0.1) is 0 Å². The molecule has 0 bridgehead atoms. The summed E-state index contributed by atoms with van der Waals surface area (Å²) in [5.41, 5.74) is -0.361.